The molecule has 0 unspecified atom stereocenters. The van der Waals surface area contributed by atoms with E-state index in [0.717, 1.165) is 71.8 Å². The first-order valence-electron chi connectivity index (χ1n) is 12.7. The lowest BCUT2D eigenvalue weighted by Crippen LogP contribution is -1.99. The third-order valence-electron chi connectivity index (χ3n) is 7.36. The van der Waals surface area contributed by atoms with Gasteiger partial charge in [-0.2, -0.15) is 8.75 Å². The van der Waals surface area contributed by atoms with Crippen LogP contribution in [0.1, 0.15) is 0 Å². The van der Waals surface area contributed by atoms with Crippen molar-refractivity contribution in [2.24, 2.45) is 0 Å². The Balaban J connectivity index is 1.53. The summed E-state index contributed by atoms with van der Waals surface area (Å²) < 4.78 is 25.6. The molecule has 0 radical (unpaired) electrons. The zero-order chi connectivity index (χ0) is 25.9. The molecule has 0 saturated heterocycles. The molecular formula is C33H19FN4S. The Kier molecular flexibility index (Phi) is 4.84. The Labute approximate surface area is 226 Å². The van der Waals surface area contributed by atoms with Crippen molar-refractivity contribution in [3.05, 3.63) is 121 Å². The predicted molar refractivity (Wildman–Crippen MR) is 158 cm³/mol. The zero-order valence-corrected chi connectivity index (χ0v) is 21.4. The lowest BCUT2D eigenvalue weighted by atomic mass is 10.00. The largest absolute Gasteiger partial charge is 0.292 e. The van der Waals surface area contributed by atoms with E-state index >= 15 is 0 Å². The summed E-state index contributed by atoms with van der Waals surface area (Å²) in [5, 5.41) is 4.45. The van der Waals surface area contributed by atoms with Gasteiger partial charge in [-0.3, -0.25) is 4.57 Å². The number of hydrogen-bond acceptors (Lipinski definition) is 4. The van der Waals surface area contributed by atoms with Crippen LogP contribution in [0.3, 0.4) is 0 Å². The average Bonchev–Trinajstić information content (AvgIpc) is 3.64. The van der Waals surface area contributed by atoms with Crippen LogP contribution in [0.5, 0.6) is 0 Å². The summed E-state index contributed by atoms with van der Waals surface area (Å²) in [4.78, 5) is 5.30. The fourth-order valence-corrected chi connectivity index (χ4v) is 6.20. The van der Waals surface area contributed by atoms with Gasteiger partial charge in [-0.25, -0.2) is 9.37 Å². The number of halogens is 1. The average molecular weight is 523 g/mol. The molecule has 0 amide bonds. The number of nitrogens with zero attached hydrogens (tertiary/aromatic N) is 4. The molecule has 0 fully saturated rings. The van der Waals surface area contributed by atoms with Crippen LogP contribution in [0.15, 0.2) is 115 Å². The van der Waals surface area contributed by atoms with Crippen LogP contribution in [0.25, 0.3) is 71.8 Å². The van der Waals surface area contributed by atoms with Crippen LogP contribution in [0, 0.1) is 5.82 Å². The molecule has 0 aliphatic heterocycles. The number of rotatable bonds is 3. The van der Waals surface area contributed by atoms with Gasteiger partial charge >= 0.3 is 0 Å². The maximum absolute atomic E-state index is 14.1. The van der Waals surface area contributed by atoms with Crippen molar-refractivity contribution in [2.75, 3.05) is 0 Å². The summed E-state index contributed by atoms with van der Waals surface area (Å²) in [6, 6.07) is 37.8. The predicted octanol–water partition coefficient (Wildman–Crippen LogP) is 8.81. The van der Waals surface area contributed by atoms with Crippen LogP contribution < -0.4 is 0 Å². The summed E-state index contributed by atoms with van der Waals surface area (Å²) >= 11 is 1.20. The minimum atomic E-state index is -0.279. The Morgan fingerprint density at radius 2 is 1.13 bits per heavy atom. The summed E-state index contributed by atoms with van der Waals surface area (Å²) in [6.45, 7) is 0. The third-order valence-corrected chi connectivity index (χ3v) is 7.89. The van der Waals surface area contributed by atoms with Crippen LogP contribution in [0.4, 0.5) is 4.39 Å². The van der Waals surface area contributed by atoms with E-state index in [4.69, 9.17) is 13.7 Å². The number of imidazole rings is 1. The number of hydrogen-bond donors (Lipinski definition) is 0. The molecule has 0 N–H and O–H groups in total. The van der Waals surface area contributed by atoms with Gasteiger partial charge in [0.05, 0.1) is 22.8 Å². The van der Waals surface area contributed by atoms with Crippen molar-refractivity contribution >= 4 is 55.3 Å². The lowest BCUT2D eigenvalue weighted by molar-refractivity contribution is 0.627. The molecule has 0 aliphatic carbocycles. The Morgan fingerprint density at radius 3 is 1.87 bits per heavy atom. The number of benzene rings is 6. The molecule has 0 bridgehead atoms. The topological polar surface area (TPSA) is 43.6 Å². The van der Waals surface area contributed by atoms with Gasteiger partial charge in [-0.1, -0.05) is 84.9 Å². The highest BCUT2D eigenvalue weighted by molar-refractivity contribution is 7.00. The summed E-state index contributed by atoms with van der Waals surface area (Å²) in [7, 11) is 0. The minimum absolute atomic E-state index is 0.279. The molecule has 0 spiro atoms. The maximum atomic E-state index is 14.1. The van der Waals surface area contributed by atoms with Crippen molar-refractivity contribution in [3.63, 3.8) is 0 Å². The second-order valence-corrected chi connectivity index (χ2v) is 10.1. The standard InChI is InChI=1S/C33H19FN4S/c34-21-14-16-22(17-15-21)38-32-27-13-7-5-11-25(27)24-10-4-6-12-26(24)31(32)35-33(38)28-19-18-23(20-8-2-1-3-9-20)29-30(28)37-39-36-29/h1-19H. The molecule has 2 aromatic heterocycles. The quantitative estimate of drug-likeness (QED) is 0.218. The SMILES string of the molecule is Fc1ccc(-n2c(-c3ccc(-c4ccccc4)c4nsnc34)nc3c4ccccc4c4ccccc4c32)cc1. The highest BCUT2D eigenvalue weighted by Gasteiger charge is 2.23. The molecule has 184 valence electrons. The molecule has 0 atom stereocenters. The molecule has 39 heavy (non-hydrogen) atoms. The van der Waals surface area contributed by atoms with E-state index < -0.39 is 0 Å². The van der Waals surface area contributed by atoms with Gasteiger partial charge in [0.2, 0.25) is 0 Å². The Morgan fingerprint density at radius 1 is 0.538 bits per heavy atom. The van der Waals surface area contributed by atoms with Gasteiger partial charge in [0.25, 0.3) is 0 Å². The summed E-state index contributed by atoms with van der Waals surface area (Å²) in [5.74, 6) is 0.466. The molecule has 6 aromatic carbocycles. The van der Waals surface area contributed by atoms with Crippen LogP contribution in [-0.2, 0) is 0 Å². The zero-order valence-electron chi connectivity index (χ0n) is 20.5. The lowest BCUT2D eigenvalue weighted by Gasteiger charge is -2.13. The van der Waals surface area contributed by atoms with Crippen LogP contribution in [-0.4, -0.2) is 18.3 Å². The van der Waals surface area contributed by atoms with Crippen molar-refractivity contribution < 1.29 is 4.39 Å². The van der Waals surface area contributed by atoms with Gasteiger partial charge in [0.15, 0.2) is 0 Å². The van der Waals surface area contributed by atoms with E-state index in [9.17, 15) is 4.39 Å². The fourth-order valence-electron chi connectivity index (χ4n) is 5.63. The molecular weight excluding hydrogens is 503 g/mol. The first kappa shape index (κ1) is 22.1. The van der Waals surface area contributed by atoms with E-state index in [1.54, 1.807) is 12.1 Å². The molecule has 6 heteroatoms. The highest BCUT2D eigenvalue weighted by Crippen LogP contribution is 2.41. The molecule has 4 nitrogen and oxygen atoms in total. The molecule has 8 rings (SSSR count). The Bertz CT molecular complexity index is 2180. The number of fused-ring (bicyclic) bond motifs is 7. The first-order chi connectivity index (χ1) is 19.3. The molecule has 8 aromatic rings. The smallest absolute Gasteiger partial charge is 0.148 e. The van der Waals surface area contributed by atoms with E-state index in [0.29, 0.717) is 0 Å². The second-order valence-electron chi connectivity index (χ2n) is 9.52. The molecule has 0 aliphatic rings. The monoisotopic (exact) mass is 522 g/mol. The first-order valence-corrected chi connectivity index (χ1v) is 13.4. The third kappa shape index (κ3) is 3.32. The number of aromatic nitrogens is 4. The van der Waals surface area contributed by atoms with Gasteiger partial charge in [0.1, 0.15) is 22.7 Å². The van der Waals surface area contributed by atoms with Crippen molar-refractivity contribution in [3.8, 4) is 28.2 Å². The van der Waals surface area contributed by atoms with Gasteiger partial charge in [-0.15, -0.1) is 0 Å². The normalized spacial score (nSPS) is 11.7. The van der Waals surface area contributed by atoms with E-state index in [1.165, 1.54) is 23.9 Å². The second kappa shape index (κ2) is 8.55. The highest BCUT2D eigenvalue weighted by atomic mass is 32.1. The van der Waals surface area contributed by atoms with Crippen molar-refractivity contribution in [1.82, 2.24) is 18.3 Å². The molecule has 0 saturated carbocycles. The fraction of sp³-hybridized carbons (Fsp3) is 0. The van der Waals surface area contributed by atoms with Gasteiger partial charge in [-0.05, 0) is 46.7 Å². The van der Waals surface area contributed by atoms with E-state index in [-0.39, 0.29) is 5.82 Å². The van der Waals surface area contributed by atoms with E-state index in [2.05, 4.69) is 71.3 Å². The minimum Gasteiger partial charge on any atom is -0.292 e. The van der Waals surface area contributed by atoms with Gasteiger partial charge < -0.3 is 0 Å². The van der Waals surface area contributed by atoms with Crippen LogP contribution >= 0.6 is 11.7 Å². The van der Waals surface area contributed by atoms with Crippen LogP contribution in [0.2, 0.25) is 0 Å². The summed E-state index contributed by atoms with van der Waals surface area (Å²) in [6.07, 6.45) is 0. The van der Waals surface area contributed by atoms with Gasteiger partial charge in [0, 0.05) is 27.6 Å². The summed E-state index contributed by atoms with van der Waals surface area (Å²) in [5.41, 5.74) is 7.35. The van der Waals surface area contributed by atoms with Crippen molar-refractivity contribution in [2.45, 2.75) is 0 Å². The Hall–Kier alpha value is -4.94. The molecule has 2 heterocycles. The maximum Gasteiger partial charge on any atom is 0.148 e. The van der Waals surface area contributed by atoms with Crippen molar-refractivity contribution in [1.29, 1.82) is 0 Å². The van der Waals surface area contributed by atoms with E-state index in [1.807, 2.05) is 24.3 Å².